The summed E-state index contributed by atoms with van der Waals surface area (Å²) in [6.45, 7) is 4.32. The van der Waals surface area contributed by atoms with Crippen LogP contribution in [-0.4, -0.2) is 18.8 Å². The molecule has 0 aliphatic carbocycles. The van der Waals surface area contributed by atoms with E-state index in [0.717, 1.165) is 12.2 Å². The normalized spacial score (nSPS) is 18.7. The van der Waals surface area contributed by atoms with Gasteiger partial charge in [-0.15, -0.1) is 11.8 Å². The Labute approximate surface area is 108 Å². The highest BCUT2D eigenvalue weighted by atomic mass is 32.2. The van der Waals surface area contributed by atoms with Gasteiger partial charge in [-0.25, -0.2) is 0 Å². The molecule has 0 saturated carbocycles. The third-order valence-corrected chi connectivity index (χ3v) is 4.71. The minimum atomic E-state index is 0.495. The van der Waals surface area contributed by atoms with Crippen LogP contribution in [0.2, 0.25) is 0 Å². The number of hydrogen-bond acceptors (Lipinski definition) is 3. The molecular formula is C14H18N2S. The van der Waals surface area contributed by atoms with Crippen LogP contribution >= 0.6 is 11.8 Å². The number of benzene rings is 1. The Kier molecular flexibility index (Phi) is 3.63. The molecule has 0 N–H and O–H groups in total. The summed E-state index contributed by atoms with van der Waals surface area (Å²) in [5.74, 6) is 1.09. The third-order valence-electron chi connectivity index (χ3n) is 3.52. The fourth-order valence-corrected chi connectivity index (χ4v) is 3.54. The van der Waals surface area contributed by atoms with Crippen molar-refractivity contribution in [2.75, 3.05) is 17.7 Å². The van der Waals surface area contributed by atoms with E-state index in [9.17, 15) is 0 Å². The summed E-state index contributed by atoms with van der Waals surface area (Å²) in [6, 6.07) is 7.30. The zero-order valence-corrected chi connectivity index (χ0v) is 11.5. The summed E-state index contributed by atoms with van der Waals surface area (Å²) in [4.78, 5) is 3.72. The second-order valence-corrected chi connectivity index (χ2v) is 5.74. The van der Waals surface area contributed by atoms with Crippen LogP contribution in [0.4, 0.5) is 5.69 Å². The minimum Gasteiger partial charge on any atom is -0.370 e. The molecule has 90 valence electrons. The first-order chi connectivity index (χ1) is 8.13. The van der Waals surface area contributed by atoms with Crippen LogP contribution in [0.5, 0.6) is 0 Å². The molecular weight excluding hydrogens is 228 g/mol. The van der Waals surface area contributed by atoms with Crippen molar-refractivity contribution in [1.82, 2.24) is 0 Å². The van der Waals surface area contributed by atoms with E-state index in [0.29, 0.717) is 12.5 Å². The molecule has 1 heterocycles. The number of nitriles is 1. The minimum absolute atomic E-state index is 0.495. The van der Waals surface area contributed by atoms with Gasteiger partial charge >= 0.3 is 0 Å². The van der Waals surface area contributed by atoms with Crippen LogP contribution in [0.15, 0.2) is 17.0 Å². The standard InChI is InChI=1S/C14H18N2S/c1-10-7-13-14(8-11(10)2)17-9-12(16(13)3)5-4-6-15/h7-8,12H,4-5,9H2,1-3H3. The molecule has 0 radical (unpaired) electrons. The van der Waals surface area contributed by atoms with Crippen LogP contribution < -0.4 is 4.90 Å². The van der Waals surface area contributed by atoms with Gasteiger partial charge < -0.3 is 4.90 Å². The van der Waals surface area contributed by atoms with Crippen LogP contribution in [0, 0.1) is 25.2 Å². The quantitative estimate of drug-likeness (QED) is 0.799. The molecule has 0 bridgehead atoms. The predicted octanol–water partition coefficient (Wildman–Crippen LogP) is 3.52. The Bertz CT molecular complexity index is 462. The topological polar surface area (TPSA) is 27.0 Å². The zero-order chi connectivity index (χ0) is 12.4. The molecule has 1 aliphatic heterocycles. The summed E-state index contributed by atoms with van der Waals surface area (Å²) >= 11 is 1.92. The van der Waals surface area contributed by atoms with E-state index >= 15 is 0 Å². The fourth-order valence-electron chi connectivity index (χ4n) is 2.17. The number of hydrogen-bond donors (Lipinski definition) is 0. The number of anilines is 1. The van der Waals surface area contributed by atoms with Crippen LogP contribution in [0.3, 0.4) is 0 Å². The van der Waals surface area contributed by atoms with E-state index < -0.39 is 0 Å². The molecule has 0 saturated heterocycles. The average Bonchev–Trinajstić information content (AvgIpc) is 2.31. The first-order valence-electron chi connectivity index (χ1n) is 5.97. The van der Waals surface area contributed by atoms with Crippen molar-refractivity contribution in [3.05, 3.63) is 23.3 Å². The van der Waals surface area contributed by atoms with Crippen molar-refractivity contribution in [1.29, 1.82) is 5.26 Å². The molecule has 1 atom stereocenters. The Morgan fingerprint density at radius 2 is 2.12 bits per heavy atom. The lowest BCUT2D eigenvalue weighted by atomic mass is 10.1. The molecule has 1 aromatic carbocycles. The predicted molar refractivity (Wildman–Crippen MR) is 73.7 cm³/mol. The molecule has 2 nitrogen and oxygen atoms in total. The molecule has 2 rings (SSSR count). The van der Waals surface area contributed by atoms with Gasteiger partial charge in [0.15, 0.2) is 0 Å². The molecule has 1 unspecified atom stereocenters. The van der Waals surface area contributed by atoms with Crippen molar-refractivity contribution in [2.24, 2.45) is 0 Å². The summed E-state index contributed by atoms with van der Waals surface area (Å²) < 4.78 is 0. The number of fused-ring (bicyclic) bond motifs is 1. The Morgan fingerprint density at radius 1 is 1.41 bits per heavy atom. The molecule has 1 aliphatic rings. The number of aryl methyl sites for hydroxylation is 2. The van der Waals surface area contributed by atoms with E-state index in [2.05, 4.69) is 44.0 Å². The monoisotopic (exact) mass is 246 g/mol. The second-order valence-electron chi connectivity index (χ2n) is 4.68. The van der Waals surface area contributed by atoms with E-state index in [4.69, 9.17) is 5.26 Å². The van der Waals surface area contributed by atoms with E-state index in [-0.39, 0.29) is 0 Å². The molecule has 3 heteroatoms. The SMILES string of the molecule is Cc1cc2c(cc1C)N(C)C(CCC#N)CS2. The van der Waals surface area contributed by atoms with Gasteiger partial charge in [-0.2, -0.15) is 5.26 Å². The average molecular weight is 246 g/mol. The van der Waals surface area contributed by atoms with Crippen molar-refractivity contribution >= 4 is 17.4 Å². The third kappa shape index (κ3) is 2.42. The molecule has 17 heavy (non-hydrogen) atoms. The lowest BCUT2D eigenvalue weighted by Gasteiger charge is -2.35. The summed E-state index contributed by atoms with van der Waals surface area (Å²) in [7, 11) is 2.15. The number of nitrogens with zero attached hydrogens (tertiary/aromatic N) is 2. The van der Waals surface area contributed by atoms with E-state index in [1.807, 2.05) is 11.8 Å². The lowest BCUT2D eigenvalue weighted by Crippen LogP contribution is -2.36. The molecule has 0 aromatic heterocycles. The summed E-state index contributed by atoms with van der Waals surface area (Å²) in [5.41, 5.74) is 4.03. The van der Waals surface area contributed by atoms with Crippen molar-refractivity contribution in [3.63, 3.8) is 0 Å². The highest BCUT2D eigenvalue weighted by Gasteiger charge is 2.23. The molecule has 1 aromatic rings. The van der Waals surface area contributed by atoms with E-state index in [1.165, 1.54) is 21.7 Å². The molecule has 0 amide bonds. The largest absolute Gasteiger partial charge is 0.370 e. The first kappa shape index (κ1) is 12.3. The Morgan fingerprint density at radius 3 is 2.82 bits per heavy atom. The van der Waals surface area contributed by atoms with Gasteiger partial charge in [0, 0.05) is 30.2 Å². The Balaban J connectivity index is 2.26. The second kappa shape index (κ2) is 5.01. The van der Waals surface area contributed by atoms with Gasteiger partial charge in [0.1, 0.15) is 0 Å². The van der Waals surface area contributed by atoms with Gasteiger partial charge in [-0.05, 0) is 43.5 Å². The summed E-state index contributed by atoms with van der Waals surface area (Å²) in [5, 5.41) is 8.68. The van der Waals surface area contributed by atoms with E-state index in [1.54, 1.807) is 0 Å². The van der Waals surface area contributed by atoms with Crippen molar-refractivity contribution < 1.29 is 0 Å². The van der Waals surface area contributed by atoms with Gasteiger partial charge in [0.25, 0.3) is 0 Å². The maximum atomic E-state index is 8.68. The fraction of sp³-hybridized carbons (Fsp3) is 0.500. The van der Waals surface area contributed by atoms with Gasteiger partial charge in [-0.3, -0.25) is 0 Å². The first-order valence-corrected chi connectivity index (χ1v) is 6.96. The Hall–Kier alpha value is -1.14. The van der Waals surface area contributed by atoms with Crippen LogP contribution in [-0.2, 0) is 0 Å². The van der Waals surface area contributed by atoms with Gasteiger partial charge in [0.2, 0.25) is 0 Å². The molecule has 0 fully saturated rings. The van der Waals surface area contributed by atoms with Crippen LogP contribution in [0.1, 0.15) is 24.0 Å². The van der Waals surface area contributed by atoms with Crippen molar-refractivity contribution in [2.45, 2.75) is 37.6 Å². The zero-order valence-electron chi connectivity index (χ0n) is 10.7. The summed E-state index contributed by atoms with van der Waals surface area (Å²) in [6.07, 6.45) is 1.61. The highest BCUT2D eigenvalue weighted by molar-refractivity contribution is 7.99. The maximum absolute atomic E-state index is 8.68. The van der Waals surface area contributed by atoms with Gasteiger partial charge in [0.05, 0.1) is 11.8 Å². The maximum Gasteiger partial charge on any atom is 0.0622 e. The number of thioether (sulfide) groups is 1. The number of rotatable bonds is 2. The highest BCUT2D eigenvalue weighted by Crippen LogP contribution is 2.39. The van der Waals surface area contributed by atoms with Crippen LogP contribution in [0.25, 0.3) is 0 Å². The lowest BCUT2D eigenvalue weighted by molar-refractivity contribution is 0.635. The van der Waals surface area contributed by atoms with Crippen molar-refractivity contribution in [3.8, 4) is 6.07 Å². The molecule has 0 spiro atoms. The van der Waals surface area contributed by atoms with Gasteiger partial charge in [-0.1, -0.05) is 0 Å². The smallest absolute Gasteiger partial charge is 0.0622 e.